The lowest BCUT2D eigenvalue weighted by molar-refractivity contribution is 0.673. The van der Waals surface area contributed by atoms with Crippen molar-refractivity contribution in [1.29, 1.82) is 0 Å². The normalized spacial score (nSPS) is 11.7. The molecule has 0 aliphatic carbocycles. The molecule has 15 aromatic rings. The molecule has 0 spiro atoms. The molecule has 0 fully saturated rings. The zero-order valence-electron chi connectivity index (χ0n) is 40.9. The van der Waals surface area contributed by atoms with Gasteiger partial charge in [0, 0.05) is 49.4 Å². The summed E-state index contributed by atoms with van der Waals surface area (Å²) in [4.78, 5) is 2.42. The van der Waals surface area contributed by atoms with Crippen molar-refractivity contribution in [3.8, 4) is 50.2 Å². The summed E-state index contributed by atoms with van der Waals surface area (Å²) in [6.07, 6.45) is 0. The van der Waals surface area contributed by atoms with E-state index in [9.17, 15) is 0 Å². The number of rotatable bonds is 8. The molecule has 15 rings (SSSR count). The number of aromatic nitrogens is 1. The molecular weight excluding hydrogens is 909 g/mol. The third-order valence-electron chi connectivity index (χ3n) is 15.4. The van der Waals surface area contributed by atoms with Gasteiger partial charge >= 0.3 is 0 Å². The molecule has 350 valence electrons. The highest BCUT2D eigenvalue weighted by Gasteiger charge is 2.21. The number of anilines is 3. The molecule has 3 nitrogen and oxygen atoms in total. The molecular formula is C72H46N2O. The van der Waals surface area contributed by atoms with Gasteiger partial charge in [0.2, 0.25) is 0 Å². The maximum Gasteiger partial charge on any atom is 0.143 e. The fraction of sp³-hybridized carbons (Fsp3) is 0. The Bertz CT molecular complexity index is 4640. The lowest BCUT2D eigenvalue weighted by atomic mass is 9.93. The van der Waals surface area contributed by atoms with E-state index >= 15 is 0 Å². The Labute approximate surface area is 434 Å². The highest BCUT2D eigenvalue weighted by Crippen LogP contribution is 2.45. The first-order valence-corrected chi connectivity index (χ1v) is 25.7. The number of hydrogen-bond acceptors (Lipinski definition) is 2. The van der Waals surface area contributed by atoms with Crippen LogP contribution in [0.1, 0.15) is 0 Å². The van der Waals surface area contributed by atoms with E-state index in [1.807, 2.05) is 0 Å². The molecule has 0 bridgehead atoms. The lowest BCUT2D eigenvalue weighted by Crippen LogP contribution is -2.11. The van der Waals surface area contributed by atoms with Crippen molar-refractivity contribution in [2.75, 3.05) is 4.90 Å². The van der Waals surface area contributed by atoms with Gasteiger partial charge in [0.1, 0.15) is 11.2 Å². The van der Waals surface area contributed by atoms with Crippen LogP contribution in [0.25, 0.3) is 126 Å². The average Bonchev–Trinajstić information content (AvgIpc) is 4.05. The van der Waals surface area contributed by atoms with E-state index in [1.54, 1.807) is 0 Å². The number of hydrogen-bond donors (Lipinski definition) is 0. The molecule has 0 atom stereocenters. The van der Waals surface area contributed by atoms with Gasteiger partial charge in [0.15, 0.2) is 0 Å². The van der Waals surface area contributed by atoms with E-state index in [4.69, 9.17) is 4.42 Å². The first kappa shape index (κ1) is 42.7. The van der Waals surface area contributed by atoms with Gasteiger partial charge < -0.3 is 13.9 Å². The highest BCUT2D eigenvalue weighted by atomic mass is 16.3. The van der Waals surface area contributed by atoms with Crippen LogP contribution in [0.5, 0.6) is 0 Å². The van der Waals surface area contributed by atoms with Crippen molar-refractivity contribution < 1.29 is 4.42 Å². The van der Waals surface area contributed by atoms with E-state index in [0.29, 0.717) is 0 Å². The van der Waals surface area contributed by atoms with Gasteiger partial charge in [-0.2, -0.15) is 0 Å². The molecule has 0 radical (unpaired) electrons. The highest BCUT2D eigenvalue weighted by molar-refractivity contribution is 6.16. The topological polar surface area (TPSA) is 21.3 Å². The molecule has 3 heteroatoms. The van der Waals surface area contributed by atoms with Crippen molar-refractivity contribution in [3.05, 3.63) is 279 Å². The van der Waals surface area contributed by atoms with Crippen molar-refractivity contribution in [1.82, 2.24) is 4.57 Å². The van der Waals surface area contributed by atoms with E-state index in [-0.39, 0.29) is 0 Å². The quantitative estimate of drug-likeness (QED) is 0.142. The fourth-order valence-electron chi connectivity index (χ4n) is 11.7. The zero-order chi connectivity index (χ0) is 49.4. The van der Waals surface area contributed by atoms with Crippen LogP contribution in [-0.4, -0.2) is 4.57 Å². The van der Waals surface area contributed by atoms with E-state index in [2.05, 4.69) is 289 Å². The number of para-hydroxylation sites is 3. The van der Waals surface area contributed by atoms with Gasteiger partial charge in [-0.05, 0) is 139 Å². The Morgan fingerprint density at radius 3 is 1.52 bits per heavy atom. The van der Waals surface area contributed by atoms with E-state index in [0.717, 1.165) is 83.5 Å². The second kappa shape index (κ2) is 17.4. The molecule has 0 saturated heterocycles. The smallest absolute Gasteiger partial charge is 0.143 e. The van der Waals surface area contributed by atoms with Gasteiger partial charge in [0.05, 0.1) is 22.4 Å². The molecule has 0 unspecified atom stereocenters. The van der Waals surface area contributed by atoms with Crippen molar-refractivity contribution in [2.24, 2.45) is 0 Å². The lowest BCUT2D eigenvalue weighted by Gasteiger charge is -2.29. The van der Waals surface area contributed by atoms with Crippen LogP contribution in [0.4, 0.5) is 17.1 Å². The van der Waals surface area contributed by atoms with Crippen molar-refractivity contribution >= 4 is 93.1 Å². The first-order chi connectivity index (χ1) is 37.2. The summed E-state index contributed by atoms with van der Waals surface area (Å²) in [5, 5.41) is 12.1. The van der Waals surface area contributed by atoms with Crippen LogP contribution < -0.4 is 4.90 Å². The summed E-state index contributed by atoms with van der Waals surface area (Å²) >= 11 is 0. The Morgan fingerprint density at radius 1 is 0.280 bits per heavy atom. The Balaban J connectivity index is 0.875. The van der Waals surface area contributed by atoms with Crippen LogP contribution in [0, 0.1) is 0 Å². The van der Waals surface area contributed by atoms with Crippen LogP contribution in [0.15, 0.2) is 283 Å². The summed E-state index contributed by atoms with van der Waals surface area (Å²) in [5.41, 5.74) is 17.7. The minimum atomic E-state index is 0.886. The third-order valence-corrected chi connectivity index (χ3v) is 15.4. The average molecular weight is 955 g/mol. The largest absolute Gasteiger partial charge is 0.455 e. The Morgan fingerprint density at radius 2 is 0.773 bits per heavy atom. The number of fused-ring (bicyclic) bond motifs is 11. The van der Waals surface area contributed by atoms with Crippen LogP contribution in [0.3, 0.4) is 0 Å². The molecule has 0 saturated carbocycles. The minimum absolute atomic E-state index is 0.886. The second-order valence-electron chi connectivity index (χ2n) is 19.6. The number of nitrogens with zero attached hydrogens (tertiary/aromatic N) is 2. The maximum absolute atomic E-state index is 6.64. The summed E-state index contributed by atoms with van der Waals surface area (Å²) < 4.78 is 9.06. The second-order valence-corrected chi connectivity index (χ2v) is 19.6. The van der Waals surface area contributed by atoms with E-state index in [1.165, 1.54) is 59.9 Å². The molecule has 0 N–H and O–H groups in total. The van der Waals surface area contributed by atoms with Gasteiger partial charge in [-0.1, -0.05) is 200 Å². The first-order valence-electron chi connectivity index (χ1n) is 25.7. The Kier molecular flexibility index (Phi) is 9.89. The van der Waals surface area contributed by atoms with Gasteiger partial charge in [-0.3, -0.25) is 0 Å². The third kappa shape index (κ3) is 7.12. The van der Waals surface area contributed by atoms with Gasteiger partial charge in [-0.15, -0.1) is 0 Å². The molecule has 75 heavy (non-hydrogen) atoms. The Hall–Kier alpha value is -9.96. The minimum Gasteiger partial charge on any atom is -0.455 e. The SMILES string of the molecule is c1ccc(-c2cc(-c3ccc4ccc5ccccc5c4c3)ccc2N(c2ccc(-c3ccc4c(c3)oc3c5ccccc5ccc43)cc2)c2ccc(-c3ccccc3-n3c4ccccc4c4ccccc43)cc2)cc1. The van der Waals surface area contributed by atoms with Crippen LogP contribution in [0.2, 0.25) is 0 Å². The van der Waals surface area contributed by atoms with Crippen LogP contribution >= 0.6 is 0 Å². The van der Waals surface area contributed by atoms with E-state index < -0.39 is 0 Å². The van der Waals surface area contributed by atoms with Crippen molar-refractivity contribution in [3.63, 3.8) is 0 Å². The van der Waals surface area contributed by atoms with Crippen molar-refractivity contribution in [2.45, 2.75) is 0 Å². The summed E-state index contributed by atoms with van der Waals surface area (Å²) in [5.74, 6) is 0. The predicted molar refractivity (Wildman–Crippen MR) is 317 cm³/mol. The van der Waals surface area contributed by atoms with Gasteiger partial charge in [0.25, 0.3) is 0 Å². The summed E-state index contributed by atoms with van der Waals surface area (Å²) in [7, 11) is 0. The summed E-state index contributed by atoms with van der Waals surface area (Å²) in [6, 6.07) is 102. The molecule has 2 heterocycles. The zero-order valence-corrected chi connectivity index (χ0v) is 40.9. The number of benzene rings is 13. The molecule has 0 aliphatic heterocycles. The monoisotopic (exact) mass is 954 g/mol. The molecule has 0 aliphatic rings. The standard InChI is InChI=1S/C72H46N2O/c1-2-14-48(15-3-1)66-45-54(53-29-28-52-27-26-49-16-4-6-18-58(49)65(52)44-53)36-43-70(66)73(56-37-30-47(31-38-56)55-35-41-63-64-42-34-50-17-5-7-20-60(50)72(64)75-71(63)46-55)57-39-32-51(33-40-57)59-19-8-11-23-67(59)74-68-24-12-9-21-61(68)62-22-10-13-25-69(62)74/h1-46H. The molecule has 0 amide bonds. The van der Waals surface area contributed by atoms with Crippen LogP contribution in [-0.2, 0) is 0 Å². The van der Waals surface area contributed by atoms with Gasteiger partial charge in [-0.25, -0.2) is 0 Å². The number of furan rings is 1. The summed E-state index contributed by atoms with van der Waals surface area (Å²) in [6.45, 7) is 0. The predicted octanol–water partition coefficient (Wildman–Crippen LogP) is 20.3. The fourth-order valence-corrected chi connectivity index (χ4v) is 11.7. The maximum atomic E-state index is 6.64. The molecule has 13 aromatic carbocycles. The molecule has 2 aromatic heterocycles.